The Kier molecular flexibility index (Phi) is 3.24. The summed E-state index contributed by atoms with van der Waals surface area (Å²) < 4.78 is 36.5. The highest BCUT2D eigenvalue weighted by molar-refractivity contribution is 5.49. The maximum atomic E-state index is 13.3. The molecule has 1 saturated heterocycles. The van der Waals surface area contributed by atoms with Crippen molar-refractivity contribution in [3.8, 4) is 5.75 Å². The van der Waals surface area contributed by atoms with E-state index in [9.17, 15) is 8.78 Å². The van der Waals surface area contributed by atoms with Crippen molar-refractivity contribution in [2.45, 2.75) is 12.5 Å². The summed E-state index contributed by atoms with van der Waals surface area (Å²) in [4.78, 5) is 0. The van der Waals surface area contributed by atoms with Crippen molar-refractivity contribution in [1.82, 2.24) is 0 Å². The van der Waals surface area contributed by atoms with Gasteiger partial charge in [-0.1, -0.05) is 0 Å². The monoisotopic (exact) mass is 229 g/mol. The van der Waals surface area contributed by atoms with Gasteiger partial charge in [0.1, 0.15) is 0 Å². The van der Waals surface area contributed by atoms with Crippen molar-refractivity contribution in [3.05, 3.63) is 23.8 Å². The van der Waals surface area contributed by atoms with Gasteiger partial charge >= 0.3 is 0 Å². The lowest BCUT2D eigenvalue weighted by atomic mass is 10.2. The third-order valence-electron chi connectivity index (χ3n) is 2.50. The zero-order chi connectivity index (χ0) is 11.5. The molecule has 1 aliphatic rings. The average Bonchev–Trinajstić information content (AvgIpc) is 2.70. The molecule has 3 nitrogen and oxygen atoms in total. The van der Waals surface area contributed by atoms with E-state index >= 15 is 0 Å². The lowest BCUT2D eigenvalue weighted by Crippen LogP contribution is -2.19. The van der Waals surface area contributed by atoms with Crippen LogP contribution >= 0.6 is 0 Å². The second kappa shape index (κ2) is 4.65. The minimum atomic E-state index is -0.705. The maximum Gasteiger partial charge on any atom is 0.190 e. The number of benzene rings is 1. The van der Waals surface area contributed by atoms with Gasteiger partial charge in [-0.05, 0) is 6.42 Å². The summed E-state index contributed by atoms with van der Waals surface area (Å²) in [6.07, 6.45) is 0.843. The molecule has 0 radical (unpaired) electrons. The quantitative estimate of drug-likeness (QED) is 0.861. The molecule has 1 heterocycles. The number of rotatable bonds is 3. The van der Waals surface area contributed by atoms with Crippen LogP contribution in [0, 0.1) is 11.6 Å². The van der Waals surface area contributed by atoms with Crippen LogP contribution in [0.5, 0.6) is 5.75 Å². The highest BCUT2D eigenvalue weighted by Gasteiger charge is 2.17. The number of hydrogen-bond donors (Lipinski definition) is 1. The zero-order valence-electron chi connectivity index (χ0n) is 8.93. The van der Waals surface area contributed by atoms with Gasteiger partial charge in [-0.25, -0.2) is 8.78 Å². The molecule has 0 saturated carbocycles. The normalized spacial score (nSPS) is 19.8. The molecule has 16 heavy (non-hydrogen) atoms. The Morgan fingerprint density at radius 2 is 2.06 bits per heavy atom. The molecule has 0 amide bonds. The number of nitrogens with one attached hydrogen (secondary N) is 1. The Morgan fingerprint density at radius 1 is 1.38 bits per heavy atom. The third kappa shape index (κ3) is 2.24. The van der Waals surface area contributed by atoms with E-state index < -0.39 is 11.6 Å². The van der Waals surface area contributed by atoms with Crippen molar-refractivity contribution in [3.63, 3.8) is 0 Å². The third-order valence-corrected chi connectivity index (χ3v) is 2.50. The van der Waals surface area contributed by atoms with Crippen LogP contribution in [0.1, 0.15) is 6.42 Å². The van der Waals surface area contributed by atoms with Gasteiger partial charge in [-0.3, -0.25) is 0 Å². The topological polar surface area (TPSA) is 30.5 Å². The van der Waals surface area contributed by atoms with Gasteiger partial charge in [-0.2, -0.15) is 0 Å². The molecule has 1 N–H and O–H groups in total. The Labute approximate surface area is 92.4 Å². The van der Waals surface area contributed by atoms with E-state index in [1.807, 2.05) is 0 Å². The van der Waals surface area contributed by atoms with Crippen LogP contribution < -0.4 is 10.1 Å². The summed E-state index contributed by atoms with van der Waals surface area (Å²) in [7, 11) is 1.24. The summed E-state index contributed by atoms with van der Waals surface area (Å²) >= 11 is 0. The smallest absolute Gasteiger partial charge is 0.190 e. The molecule has 1 aromatic carbocycles. The number of hydrogen-bond acceptors (Lipinski definition) is 3. The van der Waals surface area contributed by atoms with E-state index in [1.54, 1.807) is 0 Å². The Morgan fingerprint density at radius 3 is 2.56 bits per heavy atom. The fourth-order valence-corrected chi connectivity index (χ4v) is 1.72. The SMILES string of the molecule is COc1c(F)cc(NC2CCOC2)cc1F. The molecule has 1 unspecified atom stereocenters. The summed E-state index contributed by atoms with van der Waals surface area (Å²) in [5.41, 5.74) is 0.409. The largest absolute Gasteiger partial charge is 0.491 e. The zero-order valence-corrected chi connectivity index (χ0v) is 8.93. The van der Waals surface area contributed by atoms with Crippen molar-refractivity contribution < 1.29 is 18.3 Å². The van der Waals surface area contributed by atoms with E-state index in [0.717, 1.165) is 6.42 Å². The van der Waals surface area contributed by atoms with Crippen LogP contribution in [-0.2, 0) is 4.74 Å². The van der Waals surface area contributed by atoms with Crippen LogP contribution in [0.2, 0.25) is 0 Å². The van der Waals surface area contributed by atoms with E-state index in [4.69, 9.17) is 4.74 Å². The van der Waals surface area contributed by atoms with Crippen LogP contribution in [0.15, 0.2) is 12.1 Å². The molecule has 1 aromatic rings. The van der Waals surface area contributed by atoms with E-state index in [-0.39, 0.29) is 11.8 Å². The summed E-state index contributed by atoms with van der Waals surface area (Å²) in [6.45, 7) is 1.24. The fourth-order valence-electron chi connectivity index (χ4n) is 1.72. The molecule has 0 bridgehead atoms. The summed E-state index contributed by atoms with van der Waals surface area (Å²) in [5.74, 6) is -1.76. The number of ether oxygens (including phenoxy) is 2. The van der Waals surface area contributed by atoms with Crippen LogP contribution in [0.4, 0.5) is 14.5 Å². The van der Waals surface area contributed by atoms with Crippen molar-refractivity contribution >= 4 is 5.69 Å². The lowest BCUT2D eigenvalue weighted by Gasteiger charge is -2.13. The number of anilines is 1. The molecule has 5 heteroatoms. The van der Waals surface area contributed by atoms with Gasteiger partial charge in [0.15, 0.2) is 17.4 Å². The maximum absolute atomic E-state index is 13.3. The van der Waals surface area contributed by atoms with Gasteiger partial charge in [0.2, 0.25) is 0 Å². The summed E-state index contributed by atoms with van der Waals surface area (Å²) in [6, 6.07) is 2.56. The first kappa shape index (κ1) is 11.1. The molecular formula is C11H13F2NO2. The number of methoxy groups -OCH3 is 1. The highest BCUT2D eigenvalue weighted by Crippen LogP contribution is 2.26. The predicted octanol–water partition coefficient (Wildman–Crippen LogP) is 2.17. The predicted molar refractivity (Wildman–Crippen MR) is 55.8 cm³/mol. The molecule has 0 aliphatic carbocycles. The van der Waals surface area contributed by atoms with Gasteiger partial charge in [-0.15, -0.1) is 0 Å². The van der Waals surface area contributed by atoms with E-state index in [2.05, 4.69) is 10.1 Å². The van der Waals surface area contributed by atoms with Gasteiger partial charge in [0, 0.05) is 24.4 Å². The van der Waals surface area contributed by atoms with Crippen molar-refractivity contribution in [1.29, 1.82) is 0 Å². The van der Waals surface area contributed by atoms with Crippen molar-refractivity contribution in [2.24, 2.45) is 0 Å². The standard InChI is InChI=1S/C11H13F2NO2/c1-15-11-9(12)4-8(5-10(11)13)14-7-2-3-16-6-7/h4-5,7,14H,2-3,6H2,1H3. The first-order chi connectivity index (χ1) is 7.70. The molecule has 2 rings (SSSR count). The second-order valence-electron chi connectivity index (χ2n) is 3.68. The Bertz CT molecular complexity index is 355. The molecule has 1 atom stereocenters. The van der Waals surface area contributed by atoms with Gasteiger partial charge in [0.25, 0.3) is 0 Å². The lowest BCUT2D eigenvalue weighted by molar-refractivity contribution is 0.195. The first-order valence-corrected chi connectivity index (χ1v) is 5.08. The van der Waals surface area contributed by atoms with Crippen LogP contribution in [-0.4, -0.2) is 26.4 Å². The van der Waals surface area contributed by atoms with Crippen molar-refractivity contribution in [2.75, 3.05) is 25.6 Å². The summed E-state index contributed by atoms with van der Waals surface area (Å²) in [5, 5.41) is 3.01. The van der Waals surface area contributed by atoms with Crippen LogP contribution in [0.3, 0.4) is 0 Å². The molecular weight excluding hydrogens is 216 g/mol. The molecule has 88 valence electrons. The fraction of sp³-hybridized carbons (Fsp3) is 0.455. The number of halogens is 2. The second-order valence-corrected chi connectivity index (χ2v) is 3.68. The Hall–Kier alpha value is -1.36. The average molecular weight is 229 g/mol. The van der Waals surface area contributed by atoms with E-state index in [0.29, 0.717) is 18.9 Å². The highest BCUT2D eigenvalue weighted by atomic mass is 19.1. The van der Waals surface area contributed by atoms with Gasteiger partial charge in [0.05, 0.1) is 19.8 Å². The van der Waals surface area contributed by atoms with E-state index in [1.165, 1.54) is 19.2 Å². The first-order valence-electron chi connectivity index (χ1n) is 5.08. The molecule has 1 fully saturated rings. The molecule has 1 aliphatic heterocycles. The van der Waals surface area contributed by atoms with Crippen LogP contribution in [0.25, 0.3) is 0 Å². The Balaban J connectivity index is 2.15. The van der Waals surface area contributed by atoms with Gasteiger partial charge < -0.3 is 14.8 Å². The minimum absolute atomic E-state index is 0.118. The minimum Gasteiger partial charge on any atom is -0.491 e. The molecule has 0 spiro atoms. The molecule has 0 aromatic heterocycles.